The number of nitrogens with one attached hydrogen (secondary N) is 3. The zero-order valence-corrected chi connectivity index (χ0v) is 14.0. The normalized spacial score (nSPS) is 10.8. The van der Waals surface area contributed by atoms with Gasteiger partial charge in [-0.25, -0.2) is 14.8 Å². The smallest absolute Gasteiger partial charge is 0.325 e. The van der Waals surface area contributed by atoms with Crippen molar-refractivity contribution in [2.24, 2.45) is 0 Å². The van der Waals surface area contributed by atoms with Crippen molar-refractivity contribution < 1.29 is 4.79 Å². The molecular formula is C18H14N6O3. The highest BCUT2D eigenvalue weighted by Crippen LogP contribution is 2.19. The minimum atomic E-state index is -0.747. The molecule has 0 aliphatic rings. The number of carbonyl (C=O) groups excluding carboxylic acids is 1. The van der Waals surface area contributed by atoms with E-state index in [1.807, 2.05) is 39.9 Å². The molecule has 134 valence electrons. The number of pyridine rings is 1. The van der Waals surface area contributed by atoms with Gasteiger partial charge in [0.25, 0.3) is 11.5 Å². The van der Waals surface area contributed by atoms with Crippen LogP contribution in [-0.4, -0.2) is 30.4 Å². The van der Waals surface area contributed by atoms with E-state index >= 15 is 0 Å². The van der Waals surface area contributed by atoms with Crippen molar-refractivity contribution in [3.8, 4) is 5.82 Å². The van der Waals surface area contributed by atoms with Crippen LogP contribution in [0, 0.1) is 0 Å². The standard InChI is InChI=1S/C18H14N6O3/c25-16(12-9-21-18(27)23-17(12)26)20-8-11-4-3-7-19-15(11)24-10-22-13-5-1-2-6-14(13)24/h1-7,9-10H,8H2,(H,20,25)(H2,21,23,26,27). The van der Waals surface area contributed by atoms with E-state index in [-0.39, 0.29) is 12.1 Å². The maximum absolute atomic E-state index is 12.3. The molecule has 3 aromatic heterocycles. The molecule has 4 rings (SSSR count). The van der Waals surface area contributed by atoms with Gasteiger partial charge in [-0.3, -0.25) is 19.1 Å². The molecule has 1 amide bonds. The molecule has 27 heavy (non-hydrogen) atoms. The first-order valence-electron chi connectivity index (χ1n) is 8.10. The third-order valence-corrected chi connectivity index (χ3v) is 4.05. The van der Waals surface area contributed by atoms with Gasteiger partial charge in [-0.1, -0.05) is 18.2 Å². The molecular weight excluding hydrogens is 348 g/mol. The number of aromatic amines is 2. The van der Waals surface area contributed by atoms with E-state index in [9.17, 15) is 14.4 Å². The van der Waals surface area contributed by atoms with Crippen LogP contribution in [0.3, 0.4) is 0 Å². The molecule has 0 aliphatic heterocycles. The molecule has 9 nitrogen and oxygen atoms in total. The lowest BCUT2D eigenvalue weighted by Gasteiger charge is -2.11. The zero-order valence-electron chi connectivity index (χ0n) is 14.0. The summed E-state index contributed by atoms with van der Waals surface area (Å²) >= 11 is 0. The number of nitrogens with zero attached hydrogens (tertiary/aromatic N) is 3. The molecule has 0 spiro atoms. The van der Waals surface area contributed by atoms with Crippen LogP contribution >= 0.6 is 0 Å². The Hall–Kier alpha value is -4.01. The van der Waals surface area contributed by atoms with E-state index in [2.05, 4.69) is 20.3 Å². The Morgan fingerprint density at radius 1 is 1.11 bits per heavy atom. The molecule has 9 heteroatoms. The second-order valence-electron chi connectivity index (χ2n) is 5.76. The Bertz CT molecular complexity index is 1250. The van der Waals surface area contributed by atoms with Gasteiger partial charge in [0.2, 0.25) is 0 Å². The van der Waals surface area contributed by atoms with E-state index in [0.717, 1.165) is 22.8 Å². The van der Waals surface area contributed by atoms with Crippen molar-refractivity contribution in [3.63, 3.8) is 0 Å². The van der Waals surface area contributed by atoms with Crippen LogP contribution in [-0.2, 0) is 6.54 Å². The van der Waals surface area contributed by atoms with Gasteiger partial charge in [-0.2, -0.15) is 0 Å². The van der Waals surface area contributed by atoms with E-state index in [0.29, 0.717) is 5.82 Å². The number of benzene rings is 1. The Morgan fingerprint density at radius 2 is 1.96 bits per heavy atom. The lowest BCUT2D eigenvalue weighted by Crippen LogP contribution is -2.33. The third-order valence-electron chi connectivity index (χ3n) is 4.05. The maximum atomic E-state index is 12.3. The predicted octanol–water partition coefficient (Wildman–Crippen LogP) is 0.727. The Balaban J connectivity index is 1.63. The number of fused-ring (bicyclic) bond motifs is 1. The molecule has 1 aromatic carbocycles. The first-order chi connectivity index (χ1) is 13.1. The van der Waals surface area contributed by atoms with Crippen molar-refractivity contribution in [1.29, 1.82) is 0 Å². The van der Waals surface area contributed by atoms with Crippen LogP contribution < -0.4 is 16.6 Å². The highest BCUT2D eigenvalue weighted by Gasteiger charge is 2.13. The Kier molecular flexibility index (Phi) is 4.09. The van der Waals surface area contributed by atoms with Crippen LogP contribution in [0.1, 0.15) is 15.9 Å². The number of hydrogen-bond acceptors (Lipinski definition) is 5. The van der Waals surface area contributed by atoms with Crippen LogP contribution in [0.2, 0.25) is 0 Å². The molecule has 0 fully saturated rings. The fourth-order valence-corrected chi connectivity index (χ4v) is 2.76. The lowest BCUT2D eigenvalue weighted by molar-refractivity contribution is 0.0949. The molecule has 0 saturated carbocycles. The summed E-state index contributed by atoms with van der Waals surface area (Å²) in [6.07, 6.45) is 4.41. The molecule has 3 heterocycles. The average Bonchev–Trinajstić information content (AvgIpc) is 3.10. The number of H-pyrrole nitrogens is 2. The maximum Gasteiger partial charge on any atom is 0.325 e. The largest absolute Gasteiger partial charge is 0.348 e. The highest BCUT2D eigenvalue weighted by molar-refractivity contribution is 5.93. The van der Waals surface area contributed by atoms with Gasteiger partial charge >= 0.3 is 5.69 Å². The van der Waals surface area contributed by atoms with Crippen molar-refractivity contribution in [2.45, 2.75) is 6.54 Å². The number of carbonyl (C=O) groups is 1. The second kappa shape index (κ2) is 6.71. The van der Waals surface area contributed by atoms with Gasteiger partial charge in [0.15, 0.2) is 0 Å². The third kappa shape index (κ3) is 3.13. The fraction of sp³-hybridized carbons (Fsp3) is 0.0556. The summed E-state index contributed by atoms with van der Waals surface area (Å²) in [4.78, 5) is 48.1. The average molecular weight is 362 g/mol. The molecule has 0 atom stereocenters. The summed E-state index contributed by atoms with van der Waals surface area (Å²) < 4.78 is 1.84. The van der Waals surface area contributed by atoms with Gasteiger partial charge in [-0.15, -0.1) is 0 Å². The molecule has 3 N–H and O–H groups in total. The van der Waals surface area contributed by atoms with E-state index in [1.54, 1.807) is 18.6 Å². The van der Waals surface area contributed by atoms with Crippen molar-refractivity contribution >= 4 is 16.9 Å². The van der Waals surface area contributed by atoms with Gasteiger partial charge < -0.3 is 10.3 Å². The van der Waals surface area contributed by atoms with Crippen LogP contribution in [0.4, 0.5) is 0 Å². The summed E-state index contributed by atoms with van der Waals surface area (Å²) in [6.45, 7) is 0.146. The van der Waals surface area contributed by atoms with Gasteiger partial charge in [0.1, 0.15) is 17.7 Å². The number of amides is 1. The Morgan fingerprint density at radius 3 is 2.81 bits per heavy atom. The van der Waals surface area contributed by atoms with Crippen molar-refractivity contribution in [1.82, 2.24) is 29.8 Å². The number of aromatic nitrogens is 5. The summed E-state index contributed by atoms with van der Waals surface area (Å²) in [6, 6.07) is 11.2. The number of para-hydroxylation sites is 2. The summed E-state index contributed by atoms with van der Waals surface area (Å²) in [5.74, 6) is 0.0275. The molecule has 0 radical (unpaired) electrons. The summed E-state index contributed by atoms with van der Waals surface area (Å²) in [5, 5.41) is 2.67. The fourth-order valence-electron chi connectivity index (χ4n) is 2.76. The van der Waals surface area contributed by atoms with Gasteiger partial charge in [0, 0.05) is 24.5 Å². The van der Waals surface area contributed by atoms with Gasteiger partial charge in [0.05, 0.1) is 11.0 Å². The first-order valence-corrected chi connectivity index (χ1v) is 8.10. The lowest BCUT2D eigenvalue weighted by atomic mass is 10.2. The van der Waals surface area contributed by atoms with Crippen LogP contribution in [0.25, 0.3) is 16.9 Å². The SMILES string of the molecule is O=C(NCc1cccnc1-n1cnc2ccccc21)c1c[nH]c(=O)[nH]c1=O. The molecule has 0 unspecified atom stereocenters. The predicted molar refractivity (Wildman–Crippen MR) is 97.7 cm³/mol. The summed E-state index contributed by atoms with van der Waals surface area (Å²) in [7, 11) is 0. The quantitative estimate of drug-likeness (QED) is 0.493. The monoisotopic (exact) mass is 362 g/mol. The van der Waals surface area contributed by atoms with Crippen LogP contribution in [0.5, 0.6) is 0 Å². The van der Waals surface area contributed by atoms with E-state index < -0.39 is 17.2 Å². The molecule has 0 bridgehead atoms. The number of rotatable bonds is 4. The van der Waals surface area contributed by atoms with E-state index in [1.165, 1.54) is 0 Å². The molecule has 0 aliphatic carbocycles. The second-order valence-corrected chi connectivity index (χ2v) is 5.76. The topological polar surface area (TPSA) is 126 Å². The van der Waals surface area contributed by atoms with Gasteiger partial charge in [-0.05, 0) is 18.2 Å². The highest BCUT2D eigenvalue weighted by atomic mass is 16.2. The molecule has 0 saturated heterocycles. The minimum absolute atomic E-state index is 0.146. The van der Waals surface area contributed by atoms with Crippen molar-refractivity contribution in [3.05, 3.63) is 87.1 Å². The zero-order chi connectivity index (χ0) is 18.8. The van der Waals surface area contributed by atoms with E-state index in [4.69, 9.17) is 0 Å². The first kappa shape index (κ1) is 16.5. The minimum Gasteiger partial charge on any atom is -0.348 e. The summed E-state index contributed by atoms with van der Waals surface area (Å²) in [5.41, 5.74) is 0.878. The molecule has 4 aromatic rings. The number of imidazole rings is 1. The van der Waals surface area contributed by atoms with Crippen LogP contribution in [0.15, 0.2) is 64.7 Å². The number of hydrogen-bond donors (Lipinski definition) is 3. The Labute approximate surface area is 151 Å². The van der Waals surface area contributed by atoms with Crippen molar-refractivity contribution in [2.75, 3.05) is 0 Å².